The Labute approximate surface area is 164 Å². The zero-order chi connectivity index (χ0) is 18.9. The summed E-state index contributed by atoms with van der Waals surface area (Å²) in [5, 5.41) is 8.92. The van der Waals surface area contributed by atoms with Gasteiger partial charge in [-0.2, -0.15) is 0 Å². The first-order valence-corrected chi connectivity index (χ1v) is 10.2. The highest BCUT2D eigenvalue weighted by atomic mass is 32.1. The topological polar surface area (TPSA) is 48.9 Å². The number of hydrogen-bond donors (Lipinski definition) is 2. The van der Waals surface area contributed by atoms with Crippen LogP contribution in [0.1, 0.15) is 16.5 Å². The first-order valence-electron chi connectivity index (χ1n) is 9.30. The summed E-state index contributed by atoms with van der Waals surface area (Å²) in [5.74, 6) is 0.582. The molecule has 0 amide bonds. The second-order valence-corrected chi connectivity index (χ2v) is 7.42. The Morgan fingerprint density at radius 1 is 1.22 bits per heavy atom. The minimum absolute atomic E-state index is 0.202. The molecule has 0 bridgehead atoms. The van der Waals surface area contributed by atoms with E-state index in [9.17, 15) is 4.39 Å². The zero-order valence-electron chi connectivity index (χ0n) is 15.7. The Morgan fingerprint density at radius 2 is 2.00 bits per heavy atom. The molecule has 7 heteroatoms. The predicted octanol–water partition coefficient (Wildman–Crippen LogP) is 2.67. The normalized spacial score (nSPS) is 16.9. The Kier molecular flexibility index (Phi) is 7.62. The molecule has 1 aliphatic rings. The summed E-state index contributed by atoms with van der Waals surface area (Å²) in [7, 11) is 1.78. The monoisotopic (exact) mass is 390 g/mol. The molecule has 0 saturated carbocycles. The smallest absolute Gasteiger partial charge is 0.191 e. The number of benzene rings is 1. The predicted molar refractivity (Wildman–Crippen MR) is 109 cm³/mol. The lowest BCUT2D eigenvalue weighted by atomic mass is 10.1. The van der Waals surface area contributed by atoms with Gasteiger partial charge in [-0.25, -0.2) is 4.39 Å². The van der Waals surface area contributed by atoms with Gasteiger partial charge in [0.2, 0.25) is 0 Å². The van der Waals surface area contributed by atoms with Crippen molar-refractivity contribution in [3.63, 3.8) is 0 Å². The lowest BCUT2D eigenvalue weighted by Gasteiger charge is -2.34. The van der Waals surface area contributed by atoms with Gasteiger partial charge in [0.05, 0.1) is 19.3 Å². The fourth-order valence-electron chi connectivity index (χ4n) is 3.17. The molecule has 0 aliphatic carbocycles. The molecule has 2 aromatic rings. The van der Waals surface area contributed by atoms with E-state index in [-0.39, 0.29) is 5.82 Å². The first kappa shape index (κ1) is 19.8. The fourth-order valence-corrected chi connectivity index (χ4v) is 4.03. The van der Waals surface area contributed by atoms with Crippen molar-refractivity contribution in [2.75, 3.05) is 46.4 Å². The zero-order valence-corrected chi connectivity index (χ0v) is 16.5. The van der Waals surface area contributed by atoms with Crippen molar-refractivity contribution >= 4 is 17.3 Å². The van der Waals surface area contributed by atoms with Gasteiger partial charge in [0.15, 0.2) is 5.96 Å². The summed E-state index contributed by atoms with van der Waals surface area (Å²) in [5.41, 5.74) is 1.10. The number of guanidine groups is 1. The van der Waals surface area contributed by atoms with Gasteiger partial charge in [0, 0.05) is 38.1 Å². The van der Waals surface area contributed by atoms with Crippen LogP contribution in [0.25, 0.3) is 0 Å². The quantitative estimate of drug-likeness (QED) is 0.564. The number of nitrogens with zero attached hydrogens (tertiary/aromatic N) is 2. The summed E-state index contributed by atoms with van der Waals surface area (Å²) in [6, 6.07) is 11.2. The standard InChI is InChI=1S/C20H27FN4OS/c1-22-20(23-9-8-16-4-6-17(21)7-5-16)24-15-18(19-3-2-14-27-19)25-10-12-26-13-11-25/h2-7,14,18H,8-13,15H2,1H3,(H2,22,23,24). The molecule has 5 nitrogen and oxygen atoms in total. The van der Waals surface area contributed by atoms with Crippen LogP contribution in [0.5, 0.6) is 0 Å². The maximum absolute atomic E-state index is 13.0. The van der Waals surface area contributed by atoms with Crippen molar-refractivity contribution in [1.29, 1.82) is 0 Å². The first-order chi connectivity index (χ1) is 13.3. The van der Waals surface area contributed by atoms with Crippen LogP contribution in [-0.4, -0.2) is 57.3 Å². The van der Waals surface area contributed by atoms with Crippen molar-refractivity contribution in [3.8, 4) is 0 Å². The van der Waals surface area contributed by atoms with E-state index < -0.39 is 0 Å². The highest BCUT2D eigenvalue weighted by molar-refractivity contribution is 7.10. The van der Waals surface area contributed by atoms with Gasteiger partial charge in [-0.15, -0.1) is 11.3 Å². The molecule has 27 heavy (non-hydrogen) atoms. The van der Waals surface area contributed by atoms with Gasteiger partial charge in [-0.3, -0.25) is 9.89 Å². The van der Waals surface area contributed by atoms with Gasteiger partial charge >= 0.3 is 0 Å². The van der Waals surface area contributed by atoms with Crippen molar-refractivity contribution in [2.45, 2.75) is 12.5 Å². The number of ether oxygens (including phenoxy) is 1. The minimum atomic E-state index is -0.202. The van der Waals surface area contributed by atoms with E-state index in [0.29, 0.717) is 6.04 Å². The molecule has 3 rings (SSSR count). The highest BCUT2D eigenvalue weighted by Crippen LogP contribution is 2.25. The van der Waals surface area contributed by atoms with E-state index in [1.54, 1.807) is 18.4 Å². The summed E-state index contributed by atoms with van der Waals surface area (Å²) >= 11 is 1.79. The van der Waals surface area contributed by atoms with E-state index in [1.807, 2.05) is 12.1 Å². The maximum atomic E-state index is 13.0. The Balaban J connectivity index is 1.50. The Bertz CT molecular complexity index is 699. The number of rotatable bonds is 7. The number of morpholine rings is 1. The number of aliphatic imine (C=N–C) groups is 1. The molecule has 1 aromatic carbocycles. The molecule has 0 spiro atoms. The van der Waals surface area contributed by atoms with Crippen LogP contribution < -0.4 is 10.6 Å². The van der Waals surface area contributed by atoms with Gasteiger partial charge in [0.1, 0.15) is 5.82 Å². The van der Waals surface area contributed by atoms with Crippen molar-refractivity contribution in [3.05, 3.63) is 58.0 Å². The van der Waals surface area contributed by atoms with Crippen LogP contribution in [0, 0.1) is 5.82 Å². The number of nitrogens with one attached hydrogen (secondary N) is 2. The average Bonchev–Trinajstić information content (AvgIpc) is 3.23. The van der Waals surface area contributed by atoms with Crippen molar-refractivity contribution in [2.24, 2.45) is 4.99 Å². The van der Waals surface area contributed by atoms with Crippen LogP contribution in [-0.2, 0) is 11.2 Å². The largest absolute Gasteiger partial charge is 0.379 e. The third kappa shape index (κ3) is 6.02. The lowest BCUT2D eigenvalue weighted by Crippen LogP contribution is -2.46. The number of hydrogen-bond acceptors (Lipinski definition) is 4. The molecule has 2 heterocycles. The second kappa shape index (κ2) is 10.4. The second-order valence-electron chi connectivity index (χ2n) is 6.44. The Morgan fingerprint density at radius 3 is 2.67 bits per heavy atom. The van der Waals surface area contributed by atoms with Crippen LogP contribution in [0.3, 0.4) is 0 Å². The fraction of sp³-hybridized carbons (Fsp3) is 0.450. The summed E-state index contributed by atoms with van der Waals surface area (Å²) < 4.78 is 18.5. The molecule has 1 aliphatic heterocycles. The van der Waals surface area contributed by atoms with Crippen LogP contribution in [0.15, 0.2) is 46.8 Å². The maximum Gasteiger partial charge on any atom is 0.191 e. The SMILES string of the molecule is CN=C(NCCc1ccc(F)cc1)NCC(c1cccs1)N1CCOCC1. The van der Waals surface area contributed by atoms with Crippen LogP contribution in [0.2, 0.25) is 0 Å². The molecule has 2 N–H and O–H groups in total. The molecule has 0 radical (unpaired) electrons. The molecule has 146 valence electrons. The van der Waals surface area contributed by atoms with E-state index in [4.69, 9.17) is 4.74 Å². The van der Waals surface area contributed by atoms with Gasteiger partial charge in [-0.05, 0) is 35.6 Å². The minimum Gasteiger partial charge on any atom is -0.379 e. The third-order valence-electron chi connectivity index (χ3n) is 4.66. The molecule has 1 unspecified atom stereocenters. The number of thiophene rings is 1. The van der Waals surface area contributed by atoms with Gasteiger partial charge in [-0.1, -0.05) is 18.2 Å². The van der Waals surface area contributed by atoms with Crippen LogP contribution in [0.4, 0.5) is 4.39 Å². The Hall–Kier alpha value is -1.96. The molecule has 1 fully saturated rings. The van der Waals surface area contributed by atoms with Crippen molar-refractivity contribution < 1.29 is 9.13 Å². The van der Waals surface area contributed by atoms with Gasteiger partial charge < -0.3 is 15.4 Å². The summed E-state index contributed by atoms with van der Waals surface area (Å²) in [4.78, 5) is 8.15. The van der Waals surface area contributed by atoms with E-state index in [1.165, 1.54) is 17.0 Å². The molecule has 1 saturated heterocycles. The molecular weight excluding hydrogens is 363 g/mol. The molecular formula is C20H27FN4OS. The summed E-state index contributed by atoms with van der Waals surface area (Å²) in [6.07, 6.45) is 0.818. The molecule has 1 atom stereocenters. The van der Waals surface area contributed by atoms with Crippen molar-refractivity contribution in [1.82, 2.24) is 15.5 Å². The van der Waals surface area contributed by atoms with E-state index in [2.05, 4.69) is 38.0 Å². The van der Waals surface area contributed by atoms with Gasteiger partial charge in [0.25, 0.3) is 0 Å². The molecule has 1 aromatic heterocycles. The third-order valence-corrected chi connectivity index (χ3v) is 5.64. The highest BCUT2D eigenvalue weighted by Gasteiger charge is 2.23. The van der Waals surface area contributed by atoms with E-state index in [0.717, 1.165) is 57.3 Å². The lowest BCUT2D eigenvalue weighted by molar-refractivity contribution is 0.0177. The average molecular weight is 391 g/mol. The summed E-state index contributed by atoms with van der Waals surface area (Å²) in [6.45, 7) is 4.99. The number of halogens is 1. The van der Waals surface area contributed by atoms with Crippen LogP contribution >= 0.6 is 11.3 Å². The van der Waals surface area contributed by atoms with E-state index >= 15 is 0 Å².